The van der Waals surface area contributed by atoms with E-state index in [1.807, 2.05) is 48.0 Å². The van der Waals surface area contributed by atoms with Crippen LogP contribution in [0.25, 0.3) is 0 Å². The topological polar surface area (TPSA) is 44.7 Å². The Labute approximate surface area is 159 Å². The Balaban J connectivity index is 1.40. The van der Waals surface area contributed by atoms with Gasteiger partial charge in [0.15, 0.2) is 0 Å². The first-order valence-corrected chi connectivity index (χ1v) is 10.1. The molecular weight excluding hydrogens is 342 g/mol. The molecule has 1 heterocycles. The van der Waals surface area contributed by atoms with E-state index in [9.17, 15) is 4.79 Å². The van der Waals surface area contributed by atoms with Gasteiger partial charge in [0.1, 0.15) is 0 Å². The second-order valence-corrected chi connectivity index (χ2v) is 7.65. The molecule has 1 aliphatic heterocycles. The Morgan fingerprint density at radius 2 is 1.85 bits per heavy atom. The van der Waals surface area contributed by atoms with E-state index >= 15 is 0 Å². The van der Waals surface area contributed by atoms with Crippen molar-refractivity contribution in [2.75, 3.05) is 23.9 Å². The van der Waals surface area contributed by atoms with E-state index < -0.39 is 0 Å². The molecule has 0 radical (unpaired) electrons. The van der Waals surface area contributed by atoms with Gasteiger partial charge in [-0.1, -0.05) is 29.8 Å². The molecule has 0 aromatic heterocycles. The summed E-state index contributed by atoms with van der Waals surface area (Å²) < 4.78 is 0. The summed E-state index contributed by atoms with van der Waals surface area (Å²) in [5.41, 5.74) is 5.48. The van der Waals surface area contributed by atoms with Crippen molar-refractivity contribution in [3.05, 3.63) is 65.2 Å². The second kappa shape index (κ2) is 8.90. The van der Waals surface area contributed by atoms with Crippen LogP contribution >= 0.6 is 11.8 Å². The summed E-state index contributed by atoms with van der Waals surface area (Å²) in [5.74, 6) is 1.86. The van der Waals surface area contributed by atoms with Gasteiger partial charge in [0.05, 0.1) is 5.69 Å². The first-order valence-electron chi connectivity index (χ1n) is 8.95. The van der Waals surface area contributed by atoms with Crippen LogP contribution in [0.15, 0.2) is 53.6 Å². The lowest BCUT2D eigenvalue weighted by atomic mass is 10.2. The minimum Gasteiger partial charge on any atom is -0.351 e. The van der Waals surface area contributed by atoms with Crippen LogP contribution in [-0.4, -0.2) is 30.5 Å². The predicted molar refractivity (Wildman–Crippen MR) is 111 cm³/mol. The fourth-order valence-corrected chi connectivity index (χ4v) is 3.58. The molecule has 0 saturated heterocycles. The molecule has 0 saturated carbocycles. The number of anilines is 1. The number of carbonyl (C=O) groups is 1. The number of rotatable bonds is 7. The fraction of sp³-hybridized carbons (Fsp3) is 0.333. The van der Waals surface area contributed by atoms with Crippen LogP contribution in [-0.2, 0) is 5.75 Å². The molecule has 1 aliphatic rings. The minimum absolute atomic E-state index is 0.0198. The molecule has 0 bridgehead atoms. The van der Waals surface area contributed by atoms with E-state index in [-0.39, 0.29) is 5.91 Å². The summed E-state index contributed by atoms with van der Waals surface area (Å²) in [4.78, 5) is 12.2. The maximum absolute atomic E-state index is 12.2. The molecule has 4 nitrogen and oxygen atoms in total. The van der Waals surface area contributed by atoms with Crippen molar-refractivity contribution in [1.29, 1.82) is 0 Å². The van der Waals surface area contributed by atoms with Gasteiger partial charge in [-0.2, -0.15) is 16.9 Å². The van der Waals surface area contributed by atoms with Gasteiger partial charge in [0.25, 0.3) is 5.91 Å². The first kappa shape index (κ1) is 18.5. The number of hydrogen-bond acceptors (Lipinski definition) is 4. The first-order chi connectivity index (χ1) is 12.6. The van der Waals surface area contributed by atoms with Gasteiger partial charge in [-0.25, -0.2) is 0 Å². The summed E-state index contributed by atoms with van der Waals surface area (Å²) >= 11 is 1.83. The highest BCUT2D eigenvalue weighted by atomic mass is 32.2. The summed E-state index contributed by atoms with van der Waals surface area (Å²) in [6.45, 7) is 5.72. The summed E-state index contributed by atoms with van der Waals surface area (Å²) in [5, 5.41) is 9.45. The van der Waals surface area contributed by atoms with Crippen LogP contribution in [0.2, 0.25) is 0 Å². The monoisotopic (exact) mass is 367 g/mol. The molecule has 0 aliphatic carbocycles. The maximum Gasteiger partial charge on any atom is 0.251 e. The van der Waals surface area contributed by atoms with Crippen molar-refractivity contribution in [3.63, 3.8) is 0 Å². The zero-order valence-corrected chi connectivity index (χ0v) is 16.2. The number of benzene rings is 2. The Morgan fingerprint density at radius 3 is 2.50 bits per heavy atom. The zero-order valence-electron chi connectivity index (χ0n) is 15.4. The summed E-state index contributed by atoms with van der Waals surface area (Å²) in [6, 6.07) is 16.3. The normalized spacial score (nSPS) is 13.6. The second-order valence-electron chi connectivity index (χ2n) is 6.55. The average Bonchev–Trinajstić information content (AvgIpc) is 3.09. The van der Waals surface area contributed by atoms with Gasteiger partial charge < -0.3 is 5.32 Å². The van der Waals surface area contributed by atoms with Crippen LogP contribution < -0.4 is 10.3 Å². The number of amides is 1. The van der Waals surface area contributed by atoms with Crippen molar-refractivity contribution in [3.8, 4) is 0 Å². The molecule has 3 rings (SSSR count). The van der Waals surface area contributed by atoms with Crippen molar-refractivity contribution >= 4 is 29.1 Å². The number of aryl methyl sites for hydroxylation is 1. The molecule has 26 heavy (non-hydrogen) atoms. The van der Waals surface area contributed by atoms with E-state index in [2.05, 4.69) is 41.6 Å². The van der Waals surface area contributed by atoms with Gasteiger partial charge in [0, 0.05) is 42.3 Å². The molecule has 0 unspecified atom stereocenters. The van der Waals surface area contributed by atoms with Crippen LogP contribution in [0, 0.1) is 6.92 Å². The number of nitrogens with zero attached hydrogens (tertiary/aromatic N) is 2. The van der Waals surface area contributed by atoms with Gasteiger partial charge >= 0.3 is 0 Å². The Hall–Kier alpha value is -2.27. The van der Waals surface area contributed by atoms with Gasteiger partial charge in [-0.05, 0) is 43.7 Å². The van der Waals surface area contributed by atoms with Gasteiger partial charge in [-0.15, -0.1) is 0 Å². The molecule has 0 atom stereocenters. The highest BCUT2D eigenvalue weighted by Crippen LogP contribution is 2.20. The minimum atomic E-state index is -0.0198. The number of hydrazone groups is 1. The van der Waals surface area contributed by atoms with Crippen LogP contribution in [0.4, 0.5) is 5.69 Å². The molecule has 2 aromatic carbocycles. The lowest BCUT2D eigenvalue weighted by molar-refractivity contribution is 0.0956. The molecule has 0 fully saturated rings. The van der Waals surface area contributed by atoms with E-state index in [0.29, 0.717) is 12.1 Å². The maximum atomic E-state index is 12.2. The number of hydrogen-bond donors (Lipinski definition) is 1. The third-order valence-corrected chi connectivity index (χ3v) is 5.36. The van der Waals surface area contributed by atoms with Gasteiger partial charge in [-0.3, -0.25) is 9.80 Å². The highest BCUT2D eigenvalue weighted by Gasteiger charge is 2.13. The van der Waals surface area contributed by atoms with Gasteiger partial charge in [0.2, 0.25) is 0 Å². The molecule has 5 heteroatoms. The third-order valence-electron chi connectivity index (χ3n) is 4.33. The Bertz CT molecular complexity index is 769. The molecule has 0 spiro atoms. The highest BCUT2D eigenvalue weighted by molar-refractivity contribution is 7.98. The van der Waals surface area contributed by atoms with E-state index in [1.54, 1.807) is 0 Å². The smallest absolute Gasteiger partial charge is 0.251 e. The Kier molecular flexibility index (Phi) is 6.34. The van der Waals surface area contributed by atoms with Crippen LogP contribution in [0.5, 0.6) is 0 Å². The van der Waals surface area contributed by atoms with E-state index in [0.717, 1.165) is 35.9 Å². The quantitative estimate of drug-likeness (QED) is 0.744. The standard InChI is InChI=1S/C21H25N3OS/c1-16-3-5-18(6-4-16)15-26-14-12-22-21(25)19-7-9-20(10-8-19)24-13-11-17(2)23-24/h3-10H,11-15H2,1-2H3,(H,22,25). The number of nitrogens with one attached hydrogen (secondary N) is 1. The third kappa shape index (κ3) is 5.11. The van der Waals surface area contributed by atoms with Crippen molar-refractivity contribution < 1.29 is 4.79 Å². The zero-order chi connectivity index (χ0) is 18.4. The summed E-state index contributed by atoms with van der Waals surface area (Å²) in [6.07, 6.45) is 1.00. The number of thioether (sulfide) groups is 1. The molecule has 1 amide bonds. The molecule has 1 N–H and O–H groups in total. The predicted octanol–water partition coefficient (Wildman–Crippen LogP) is 4.24. The van der Waals surface area contributed by atoms with Crippen LogP contribution in [0.3, 0.4) is 0 Å². The van der Waals surface area contributed by atoms with Crippen molar-refractivity contribution in [2.45, 2.75) is 26.0 Å². The summed E-state index contributed by atoms with van der Waals surface area (Å²) in [7, 11) is 0. The lowest BCUT2D eigenvalue weighted by Crippen LogP contribution is -2.25. The molecular formula is C21H25N3OS. The van der Waals surface area contributed by atoms with E-state index in [1.165, 1.54) is 11.1 Å². The van der Waals surface area contributed by atoms with E-state index in [4.69, 9.17) is 0 Å². The molecule has 2 aromatic rings. The van der Waals surface area contributed by atoms with Crippen molar-refractivity contribution in [1.82, 2.24) is 5.32 Å². The molecule has 136 valence electrons. The number of carbonyl (C=O) groups excluding carboxylic acids is 1. The van der Waals surface area contributed by atoms with Crippen LogP contribution in [0.1, 0.15) is 34.8 Å². The average molecular weight is 368 g/mol. The lowest BCUT2D eigenvalue weighted by Gasteiger charge is -2.14. The fourth-order valence-electron chi connectivity index (χ4n) is 2.76. The van der Waals surface area contributed by atoms with Crippen molar-refractivity contribution in [2.24, 2.45) is 5.10 Å². The Morgan fingerprint density at radius 1 is 1.12 bits per heavy atom. The SMILES string of the molecule is CC1=NN(c2ccc(C(=O)NCCSCc3ccc(C)cc3)cc2)CC1. The largest absolute Gasteiger partial charge is 0.351 e.